The fourth-order valence-electron chi connectivity index (χ4n) is 2.88. The second-order valence-electron chi connectivity index (χ2n) is 6.07. The Bertz CT molecular complexity index is 1170. The number of aliphatic hydroxyl groups excluding tert-OH is 1. The highest BCUT2D eigenvalue weighted by molar-refractivity contribution is 7.91. The van der Waals surface area contributed by atoms with E-state index in [2.05, 4.69) is 4.98 Å². The van der Waals surface area contributed by atoms with E-state index in [9.17, 15) is 17.6 Å². The summed E-state index contributed by atoms with van der Waals surface area (Å²) in [5.41, 5.74) is 5.64. The molecule has 9 heteroatoms. The van der Waals surface area contributed by atoms with E-state index in [1.165, 1.54) is 36.4 Å². The third-order valence-electron chi connectivity index (χ3n) is 4.05. The SMILES string of the molecule is C[C@H](N)c1nc2cccc(S(=O)(=O)CCO)c2c(=O)n1-c1cccc(F)c1. The lowest BCUT2D eigenvalue weighted by Gasteiger charge is -2.17. The van der Waals surface area contributed by atoms with E-state index in [0.29, 0.717) is 0 Å². The molecule has 1 atom stereocenters. The maximum Gasteiger partial charge on any atom is 0.267 e. The average molecular weight is 391 g/mol. The van der Waals surface area contributed by atoms with Gasteiger partial charge in [0.1, 0.15) is 11.6 Å². The molecule has 27 heavy (non-hydrogen) atoms. The van der Waals surface area contributed by atoms with Crippen molar-refractivity contribution in [3.8, 4) is 5.69 Å². The summed E-state index contributed by atoms with van der Waals surface area (Å²) < 4.78 is 39.8. The van der Waals surface area contributed by atoms with Gasteiger partial charge in [-0.1, -0.05) is 12.1 Å². The lowest BCUT2D eigenvalue weighted by Crippen LogP contribution is -2.28. The third-order valence-corrected chi connectivity index (χ3v) is 5.78. The van der Waals surface area contributed by atoms with Gasteiger partial charge in [0.25, 0.3) is 5.56 Å². The molecule has 0 fully saturated rings. The molecule has 0 spiro atoms. The first-order valence-electron chi connectivity index (χ1n) is 8.17. The zero-order chi connectivity index (χ0) is 19.8. The Kier molecular flexibility index (Phi) is 5.09. The van der Waals surface area contributed by atoms with Crippen LogP contribution in [0.1, 0.15) is 18.8 Å². The second kappa shape index (κ2) is 7.18. The molecule has 3 rings (SSSR count). The first-order valence-corrected chi connectivity index (χ1v) is 9.82. The summed E-state index contributed by atoms with van der Waals surface area (Å²) in [6.45, 7) is 1.04. The highest BCUT2D eigenvalue weighted by Gasteiger charge is 2.23. The van der Waals surface area contributed by atoms with Crippen LogP contribution in [0.3, 0.4) is 0 Å². The largest absolute Gasteiger partial charge is 0.395 e. The molecule has 0 aliphatic rings. The number of nitrogens with two attached hydrogens (primary N) is 1. The highest BCUT2D eigenvalue weighted by Crippen LogP contribution is 2.23. The molecule has 0 saturated carbocycles. The molecule has 0 saturated heterocycles. The van der Waals surface area contributed by atoms with Crippen molar-refractivity contribution in [2.75, 3.05) is 12.4 Å². The van der Waals surface area contributed by atoms with Crippen LogP contribution in [0.4, 0.5) is 4.39 Å². The minimum Gasteiger partial charge on any atom is -0.395 e. The minimum atomic E-state index is -3.91. The standard InChI is InChI=1S/C18H18FN3O4S/c1-11(20)17-21-14-6-3-7-15(27(25,26)9-8-23)16(14)18(24)22(17)13-5-2-4-12(19)10-13/h2-7,10-11,23H,8-9,20H2,1H3/t11-/m0/s1. The first kappa shape index (κ1) is 19.2. The van der Waals surface area contributed by atoms with Crippen LogP contribution in [-0.4, -0.2) is 35.4 Å². The van der Waals surface area contributed by atoms with E-state index in [0.717, 1.165) is 10.6 Å². The molecule has 0 unspecified atom stereocenters. The van der Waals surface area contributed by atoms with Crippen molar-refractivity contribution in [3.05, 3.63) is 64.5 Å². The molecular formula is C18H18FN3O4S. The summed E-state index contributed by atoms with van der Waals surface area (Å²) in [6, 6.07) is 8.92. The van der Waals surface area contributed by atoms with Crippen LogP contribution in [0.2, 0.25) is 0 Å². The molecule has 0 bridgehead atoms. The zero-order valence-corrected chi connectivity index (χ0v) is 15.3. The second-order valence-corrected chi connectivity index (χ2v) is 8.15. The van der Waals surface area contributed by atoms with Gasteiger partial charge in [-0.3, -0.25) is 9.36 Å². The molecule has 0 aliphatic carbocycles. The van der Waals surface area contributed by atoms with Gasteiger partial charge in [0.15, 0.2) is 9.84 Å². The lowest BCUT2D eigenvalue weighted by molar-refractivity contribution is 0.319. The van der Waals surface area contributed by atoms with Gasteiger partial charge in [0.2, 0.25) is 0 Å². The average Bonchev–Trinajstić information content (AvgIpc) is 2.60. The van der Waals surface area contributed by atoms with Gasteiger partial charge in [-0.2, -0.15) is 0 Å². The van der Waals surface area contributed by atoms with Crippen molar-refractivity contribution in [1.82, 2.24) is 9.55 Å². The Balaban J connectivity index is 2.47. The van der Waals surface area contributed by atoms with E-state index in [1.54, 1.807) is 6.92 Å². The molecule has 142 valence electrons. The summed E-state index contributed by atoms with van der Waals surface area (Å²) in [6.07, 6.45) is 0. The Labute approximate surface area is 154 Å². The summed E-state index contributed by atoms with van der Waals surface area (Å²) in [7, 11) is -3.91. The fraction of sp³-hybridized carbons (Fsp3) is 0.222. The number of sulfone groups is 1. The number of fused-ring (bicyclic) bond motifs is 1. The maximum absolute atomic E-state index is 13.7. The predicted molar refractivity (Wildman–Crippen MR) is 99.0 cm³/mol. The van der Waals surface area contributed by atoms with Crippen LogP contribution in [-0.2, 0) is 9.84 Å². The summed E-state index contributed by atoms with van der Waals surface area (Å²) in [4.78, 5) is 17.4. The molecule has 0 amide bonds. The maximum atomic E-state index is 13.7. The molecule has 1 heterocycles. The van der Waals surface area contributed by atoms with Gasteiger partial charge in [0, 0.05) is 0 Å². The van der Waals surface area contributed by atoms with Crippen LogP contribution in [0, 0.1) is 5.82 Å². The lowest BCUT2D eigenvalue weighted by atomic mass is 10.2. The number of rotatable bonds is 5. The van der Waals surface area contributed by atoms with E-state index in [4.69, 9.17) is 10.8 Å². The highest BCUT2D eigenvalue weighted by atomic mass is 32.2. The molecular weight excluding hydrogens is 373 g/mol. The van der Waals surface area contributed by atoms with Crippen molar-refractivity contribution < 1.29 is 17.9 Å². The Hall–Kier alpha value is -2.62. The zero-order valence-electron chi connectivity index (χ0n) is 14.5. The van der Waals surface area contributed by atoms with Gasteiger partial charge in [-0.05, 0) is 37.3 Å². The predicted octanol–water partition coefficient (Wildman–Crippen LogP) is 1.31. The van der Waals surface area contributed by atoms with Gasteiger partial charge in [-0.15, -0.1) is 0 Å². The fourth-order valence-corrected chi connectivity index (χ4v) is 4.13. The Morgan fingerprint density at radius 2 is 1.96 bits per heavy atom. The summed E-state index contributed by atoms with van der Waals surface area (Å²) >= 11 is 0. The van der Waals surface area contributed by atoms with Crippen LogP contribution >= 0.6 is 0 Å². The molecule has 7 nitrogen and oxygen atoms in total. The van der Waals surface area contributed by atoms with Gasteiger partial charge >= 0.3 is 0 Å². The normalized spacial score (nSPS) is 13.0. The number of aromatic nitrogens is 2. The van der Waals surface area contributed by atoms with Crippen LogP contribution in [0.25, 0.3) is 16.6 Å². The van der Waals surface area contributed by atoms with E-state index < -0.39 is 39.6 Å². The van der Waals surface area contributed by atoms with Crippen molar-refractivity contribution in [1.29, 1.82) is 0 Å². The minimum absolute atomic E-state index is 0.125. The number of aliphatic hydroxyl groups is 1. The van der Waals surface area contributed by atoms with Crippen molar-refractivity contribution in [3.63, 3.8) is 0 Å². The molecule has 0 radical (unpaired) electrons. The molecule has 1 aromatic heterocycles. The van der Waals surface area contributed by atoms with Gasteiger partial charge in [0.05, 0.1) is 39.9 Å². The summed E-state index contributed by atoms with van der Waals surface area (Å²) in [5.74, 6) is -0.910. The van der Waals surface area contributed by atoms with Crippen molar-refractivity contribution in [2.45, 2.75) is 17.9 Å². The monoisotopic (exact) mass is 391 g/mol. The van der Waals surface area contributed by atoms with Crippen LogP contribution in [0.15, 0.2) is 52.2 Å². The number of benzene rings is 2. The number of hydrogen-bond donors (Lipinski definition) is 2. The molecule has 3 N–H and O–H groups in total. The van der Waals surface area contributed by atoms with E-state index in [1.807, 2.05) is 0 Å². The van der Waals surface area contributed by atoms with Crippen LogP contribution < -0.4 is 11.3 Å². The summed E-state index contributed by atoms with van der Waals surface area (Å²) in [5, 5.41) is 8.92. The number of nitrogens with zero attached hydrogens (tertiary/aromatic N) is 2. The van der Waals surface area contributed by atoms with Crippen molar-refractivity contribution in [2.24, 2.45) is 5.73 Å². The Morgan fingerprint density at radius 1 is 1.26 bits per heavy atom. The number of hydrogen-bond acceptors (Lipinski definition) is 6. The topological polar surface area (TPSA) is 115 Å². The van der Waals surface area contributed by atoms with Gasteiger partial charge < -0.3 is 10.8 Å². The smallest absolute Gasteiger partial charge is 0.267 e. The van der Waals surface area contributed by atoms with Crippen LogP contribution in [0.5, 0.6) is 0 Å². The molecule has 3 aromatic rings. The van der Waals surface area contributed by atoms with E-state index >= 15 is 0 Å². The number of halogens is 1. The van der Waals surface area contributed by atoms with Crippen molar-refractivity contribution >= 4 is 20.7 Å². The first-order chi connectivity index (χ1) is 12.8. The molecule has 2 aromatic carbocycles. The molecule has 0 aliphatic heterocycles. The van der Waals surface area contributed by atoms with Gasteiger partial charge in [-0.25, -0.2) is 17.8 Å². The Morgan fingerprint density at radius 3 is 2.59 bits per heavy atom. The van der Waals surface area contributed by atoms with E-state index in [-0.39, 0.29) is 27.3 Å². The third kappa shape index (κ3) is 3.48. The quantitative estimate of drug-likeness (QED) is 0.678.